The molecule has 0 spiro atoms. The number of anilines is 2. The monoisotopic (exact) mass is 270 g/mol. The standard InChI is InChI=1S/C15H14N2OS/c1-18-12-8-6-11(7-9-12)17-14-4-3-5-15(19-2)13(14)10-16/h3-9,17H,1-2H3. The van der Waals surface area contributed by atoms with Crippen molar-refractivity contribution in [1.29, 1.82) is 5.26 Å². The van der Waals surface area contributed by atoms with E-state index in [0.717, 1.165) is 22.0 Å². The minimum Gasteiger partial charge on any atom is -0.497 e. The van der Waals surface area contributed by atoms with Crippen LogP contribution in [-0.2, 0) is 0 Å². The van der Waals surface area contributed by atoms with Crippen molar-refractivity contribution in [3.63, 3.8) is 0 Å². The van der Waals surface area contributed by atoms with Gasteiger partial charge in [0.15, 0.2) is 0 Å². The van der Waals surface area contributed by atoms with Gasteiger partial charge in [-0.15, -0.1) is 11.8 Å². The lowest BCUT2D eigenvalue weighted by Gasteiger charge is -2.11. The third-order valence-electron chi connectivity index (χ3n) is 2.73. The number of nitrogens with one attached hydrogen (secondary N) is 1. The van der Waals surface area contributed by atoms with E-state index in [2.05, 4.69) is 11.4 Å². The van der Waals surface area contributed by atoms with Gasteiger partial charge < -0.3 is 10.1 Å². The molecule has 0 aliphatic rings. The molecule has 2 aromatic carbocycles. The number of rotatable bonds is 4. The second-order valence-electron chi connectivity index (χ2n) is 3.85. The molecule has 0 aliphatic carbocycles. The van der Waals surface area contributed by atoms with Crippen molar-refractivity contribution in [3.05, 3.63) is 48.0 Å². The Bertz CT molecular complexity index is 603. The van der Waals surface area contributed by atoms with Crippen LogP contribution in [0.15, 0.2) is 47.4 Å². The highest BCUT2D eigenvalue weighted by atomic mass is 32.2. The van der Waals surface area contributed by atoms with Gasteiger partial charge in [0.25, 0.3) is 0 Å². The fourth-order valence-electron chi connectivity index (χ4n) is 1.75. The molecule has 0 radical (unpaired) electrons. The van der Waals surface area contributed by atoms with Gasteiger partial charge in [-0.2, -0.15) is 5.26 Å². The van der Waals surface area contributed by atoms with Crippen molar-refractivity contribution in [2.45, 2.75) is 4.90 Å². The summed E-state index contributed by atoms with van der Waals surface area (Å²) in [6, 6.07) is 15.7. The fraction of sp³-hybridized carbons (Fsp3) is 0.133. The zero-order valence-corrected chi connectivity index (χ0v) is 11.6. The maximum Gasteiger partial charge on any atom is 0.119 e. The summed E-state index contributed by atoms with van der Waals surface area (Å²) >= 11 is 1.57. The second kappa shape index (κ2) is 6.17. The normalized spacial score (nSPS) is 9.74. The highest BCUT2D eigenvalue weighted by Crippen LogP contribution is 2.29. The van der Waals surface area contributed by atoms with Crippen molar-refractivity contribution in [2.75, 3.05) is 18.7 Å². The summed E-state index contributed by atoms with van der Waals surface area (Å²) in [5.74, 6) is 0.809. The summed E-state index contributed by atoms with van der Waals surface area (Å²) in [6.45, 7) is 0. The number of methoxy groups -OCH3 is 1. The lowest BCUT2D eigenvalue weighted by molar-refractivity contribution is 0.415. The van der Waals surface area contributed by atoms with Crippen LogP contribution in [0.25, 0.3) is 0 Å². The zero-order chi connectivity index (χ0) is 13.7. The highest BCUT2D eigenvalue weighted by Gasteiger charge is 2.07. The van der Waals surface area contributed by atoms with E-state index >= 15 is 0 Å². The predicted octanol–water partition coefficient (Wildman–Crippen LogP) is 4.03. The van der Waals surface area contributed by atoms with E-state index in [1.54, 1.807) is 18.9 Å². The Morgan fingerprint density at radius 2 is 1.89 bits per heavy atom. The molecule has 0 saturated carbocycles. The van der Waals surface area contributed by atoms with Crippen LogP contribution >= 0.6 is 11.8 Å². The molecule has 0 atom stereocenters. The first kappa shape index (κ1) is 13.3. The maximum absolute atomic E-state index is 9.27. The average molecular weight is 270 g/mol. The van der Waals surface area contributed by atoms with Gasteiger partial charge in [-0.25, -0.2) is 0 Å². The number of hydrogen-bond donors (Lipinski definition) is 1. The Kier molecular flexibility index (Phi) is 4.32. The van der Waals surface area contributed by atoms with Gasteiger partial charge in [-0.1, -0.05) is 6.07 Å². The van der Waals surface area contributed by atoms with Crippen LogP contribution in [0.3, 0.4) is 0 Å². The third kappa shape index (κ3) is 3.01. The highest BCUT2D eigenvalue weighted by molar-refractivity contribution is 7.98. The molecule has 19 heavy (non-hydrogen) atoms. The quantitative estimate of drug-likeness (QED) is 0.852. The van der Waals surface area contributed by atoms with Crippen LogP contribution in [0.2, 0.25) is 0 Å². The summed E-state index contributed by atoms with van der Waals surface area (Å²) in [4.78, 5) is 0.973. The van der Waals surface area contributed by atoms with Crippen molar-refractivity contribution < 1.29 is 4.74 Å². The first-order valence-corrected chi connectivity index (χ1v) is 6.99. The van der Waals surface area contributed by atoms with Gasteiger partial charge in [0.05, 0.1) is 18.4 Å². The van der Waals surface area contributed by atoms with Gasteiger partial charge >= 0.3 is 0 Å². The average Bonchev–Trinajstić information content (AvgIpc) is 2.47. The first-order valence-electron chi connectivity index (χ1n) is 5.76. The molecule has 2 aromatic rings. The molecule has 0 amide bonds. The first-order chi connectivity index (χ1) is 9.28. The van der Waals surface area contributed by atoms with Crippen LogP contribution in [0.4, 0.5) is 11.4 Å². The van der Waals surface area contributed by atoms with Crippen molar-refractivity contribution in [3.8, 4) is 11.8 Å². The molecule has 0 aromatic heterocycles. The molecule has 3 nitrogen and oxygen atoms in total. The smallest absolute Gasteiger partial charge is 0.119 e. The predicted molar refractivity (Wildman–Crippen MR) is 79.2 cm³/mol. The van der Waals surface area contributed by atoms with Crippen molar-refractivity contribution in [1.82, 2.24) is 0 Å². The SMILES string of the molecule is COc1ccc(Nc2cccc(SC)c2C#N)cc1. The molecule has 0 aliphatic heterocycles. The topological polar surface area (TPSA) is 45.0 Å². The third-order valence-corrected chi connectivity index (χ3v) is 3.51. The Morgan fingerprint density at radius 3 is 2.47 bits per heavy atom. The van der Waals surface area contributed by atoms with Gasteiger partial charge in [0.1, 0.15) is 11.8 Å². The van der Waals surface area contributed by atoms with Crippen molar-refractivity contribution in [2.24, 2.45) is 0 Å². The number of ether oxygens (including phenoxy) is 1. The van der Waals surface area contributed by atoms with Gasteiger partial charge in [-0.3, -0.25) is 0 Å². The van der Waals surface area contributed by atoms with E-state index in [-0.39, 0.29) is 0 Å². The second-order valence-corrected chi connectivity index (χ2v) is 4.70. The summed E-state index contributed by atoms with van der Waals surface area (Å²) in [6.07, 6.45) is 1.97. The number of nitrogens with zero attached hydrogens (tertiary/aromatic N) is 1. The largest absolute Gasteiger partial charge is 0.497 e. The molecule has 0 unspecified atom stereocenters. The summed E-state index contributed by atoms with van der Waals surface area (Å²) in [5.41, 5.74) is 2.42. The van der Waals surface area contributed by atoms with E-state index in [1.807, 2.05) is 48.7 Å². The lowest BCUT2D eigenvalue weighted by atomic mass is 10.2. The zero-order valence-electron chi connectivity index (χ0n) is 10.8. The summed E-state index contributed by atoms with van der Waals surface area (Å²) in [5, 5.41) is 12.5. The Labute approximate surface area is 117 Å². The molecular weight excluding hydrogens is 256 g/mol. The molecule has 1 N–H and O–H groups in total. The molecule has 0 saturated heterocycles. The Balaban J connectivity index is 2.30. The van der Waals surface area contributed by atoms with Crippen molar-refractivity contribution >= 4 is 23.1 Å². The molecular formula is C15H14N2OS. The molecule has 0 heterocycles. The van der Waals surface area contributed by atoms with Crippen LogP contribution in [0.5, 0.6) is 5.75 Å². The van der Waals surface area contributed by atoms with Crippen LogP contribution in [0, 0.1) is 11.3 Å². The summed E-state index contributed by atoms with van der Waals surface area (Å²) < 4.78 is 5.12. The van der Waals surface area contributed by atoms with Gasteiger partial charge in [-0.05, 0) is 42.7 Å². The lowest BCUT2D eigenvalue weighted by Crippen LogP contribution is -1.95. The Morgan fingerprint density at radius 1 is 1.16 bits per heavy atom. The molecule has 0 bridgehead atoms. The number of nitriles is 1. The molecule has 2 rings (SSSR count). The number of hydrogen-bond acceptors (Lipinski definition) is 4. The molecule has 96 valence electrons. The maximum atomic E-state index is 9.27. The van der Waals surface area contributed by atoms with E-state index in [9.17, 15) is 5.26 Å². The van der Waals surface area contributed by atoms with Crippen LogP contribution in [0.1, 0.15) is 5.56 Å². The molecule has 4 heteroatoms. The van der Waals surface area contributed by atoms with Gasteiger partial charge in [0.2, 0.25) is 0 Å². The van der Waals surface area contributed by atoms with E-state index < -0.39 is 0 Å². The minimum atomic E-state index is 0.672. The Hall–Kier alpha value is -2.12. The number of benzene rings is 2. The van der Waals surface area contributed by atoms with E-state index in [4.69, 9.17) is 4.74 Å². The van der Waals surface area contributed by atoms with Crippen LogP contribution < -0.4 is 10.1 Å². The fourth-order valence-corrected chi connectivity index (χ4v) is 2.32. The van der Waals surface area contributed by atoms with Crippen LogP contribution in [-0.4, -0.2) is 13.4 Å². The van der Waals surface area contributed by atoms with E-state index in [0.29, 0.717) is 5.56 Å². The number of thioether (sulfide) groups is 1. The molecule has 0 fully saturated rings. The minimum absolute atomic E-state index is 0.672. The van der Waals surface area contributed by atoms with Gasteiger partial charge in [0, 0.05) is 10.6 Å². The summed E-state index contributed by atoms with van der Waals surface area (Å²) in [7, 11) is 1.64. The van der Waals surface area contributed by atoms with E-state index in [1.165, 1.54) is 0 Å².